The maximum absolute atomic E-state index is 12.5. The Morgan fingerprint density at radius 2 is 2.37 bits per heavy atom. The number of rotatable bonds is 3. The lowest BCUT2D eigenvalue weighted by atomic mass is 10.1. The molecule has 3 rings (SSSR count). The van der Waals surface area contributed by atoms with Crippen LogP contribution in [0.5, 0.6) is 0 Å². The molecule has 2 aromatic heterocycles. The zero-order valence-electron chi connectivity index (χ0n) is 10.5. The molecular weight excluding hydrogens is 308 g/mol. The van der Waals surface area contributed by atoms with Crippen LogP contribution in [0.25, 0.3) is 5.52 Å². The number of nitrogens with zero attached hydrogens (tertiary/aromatic N) is 4. The smallest absolute Gasteiger partial charge is 0.257 e. The van der Waals surface area contributed by atoms with Gasteiger partial charge in [-0.15, -0.1) is 0 Å². The van der Waals surface area contributed by atoms with Crippen LogP contribution in [0.4, 0.5) is 0 Å². The van der Waals surface area contributed by atoms with E-state index >= 15 is 0 Å². The summed E-state index contributed by atoms with van der Waals surface area (Å²) in [6, 6.07) is 0. The average molecular weight is 323 g/mol. The standard InChI is InChI=1S/C13H15BrN4O/c14-3-1-10-2-5-17(9-10)13(19)11-7-16-18-6-4-15-8-12(11)18/h4,6-8,10H,1-3,5,9H2. The fourth-order valence-electron chi connectivity index (χ4n) is 2.58. The van der Waals surface area contributed by atoms with Gasteiger partial charge in [-0.25, -0.2) is 4.52 Å². The van der Waals surface area contributed by atoms with Gasteiger partial charge in [0.15, 0.2) is 0 Å². The molecular formula is C13H15BrN4O. The molecule has 1 unspecified atom stereocenters. The molecule has 19 heavy (non-hydrogen) atoms. The molecule has 3 heterocycles. The number of carbonyl (C=O) groups is 1. The van der Waals surface area contributed by atoms with Crippen LogP contribution in [-0.4, -0.2) is 43.8 Å². The quantitative estimate of drug-likeness (QED) is 0.812. The van der Waals surface area contributed by atoms with Crippen molar-refractivity contribution >= 4 is 27.4 Å². The Kier molecular flexibility index (Phi) is 3.50. The number of aromatic nitrogens is 3. The van der Waals surface area contributed by atoms with E-state index in [1.54, 1.807) is 29.3 Å². The van der Waals surface area contributed by atoms with Gasteiger partial charge in [-0.1, -0.05) is 15.9 Å². The minimum absolute atomic E-state index is 0.0695. The SMILES string of the molecule is O=C(c1cnn2ccncc12)N1CCC(CCBr)C1. The molecule has 0 aromatic carbocycles. The van der Waals surface area contributed by atoms with Gasteiger partial charge in [0.1, 0.15) is 0 Å². The van der Waals surface area contributed by atoms with Crippen molar-refractivity contribution in [2.45, 2.75) is 12.8 Å². The zero-order valence-corrected chi connectivity index (χ0v) is 12.1. The molecule has 1 amide bonds. The van der Waals surface area contributed by atoms with Crippen molar-refractivity contribution in [3.8, 4) is 0 Å². The second-order valence-electron chi connectivity index (χ2n) is 4.85. The summed E-state index contributed by atoms with van der Waals surface area (Å²) in [6.07, 6.45) is 8.96. The number of carbonyl (C=O) groups excluding carboxylic acids is 1. The molecule has 6 heteroatoms. The monoisotopic (exact) mass is 322 g/mol. The predicted octanol–water partition coefficient (Wildman–Crippen LogP) is 1.98. The van der Waals surface area contributed by atoms with E-state index in [0.29, 0.717) is 11.5 Å². The van der Waals surface area contributed by atoms with Crippen LogP contribution in [0.3, 0.4) is 0 Å². The van der Waals surface area contributed by atoms with Gasteiger partial charge in [0.05, 0.1) is 23.5 Å². The molecule has 1 aliphatic rings. The molecule has 1 aliphatic heterocycles. The molecule has 1 atom stereocenters. The molecule has 0 N–H and O–H groups in total. The highest BCUT2D eigenvalue weighted by Gasteiger charge is 2.28. The summed E-state index contributed by atoms with van der Waals surface area (Å²) in [5.74, 6) is 0.684. The Balaban J connectivity index is 1.81. The molecule has 5 nitrogen and oxygen atoms in total. The second-order valence-corrected chi connectivity index (χ2v) is 5.64. The number of fused-ring (bicyclic) bond motifs is 1. The van der Waals surface area contributed by atoms with E-state index in [1.807, 2.05) is 4.90 Å². The van der Waals surface area contributed by atoms with E-state index in [4.69, 9.17) is 0 Å². The third-order valence-electron chi connectivity index (χ3n) is 3.65. The van der Waals surface area contributed by atoms with Gasteiger partial charge in [-0.3, -0.25) is 9.78 Å². The summed E-state index contributed by atoms with van der Waals surface area (Å²) in [7, 11) is 0. The van der Waals surface area contributed by atoms with E-state index in [1.165, 1.54) is 0 Å². The van der Waals surface area contributed by atoms with Crippen LogP contribution in [0.15, 0.2) is 24.8 Å². The maximum atomic E-state index is 12.5. The molecule has 0 saturated carbocycles. The fourth-order valence-corrected chi connectivity index (χ4v) is 3.22. The van der Waals surface area contributed by atoms with Gasteiger partial charge in [0, 0.05) is 30.8 Å². The number of hydrogen-bond acceptors (Lipinski definition) is 3. The first-order chi connectivity index (χ1) is 9.29. The molecule has 1 saturated heterocycles. The normalized spacial score (nSPS) is 19.2. The number of alkyl halides is 1. The fraction of sp³-hybridized carbons (Fsp3) is 0.462. The minimum atomic E-state index is 0.0695. The van der Waals surface area contributed by atoms with Crippen molar-refractivity contribution in [1.82, 2.24) is 19.5 Å². The third kappa shape index (κ3) is 2.36. The highest BCUT2D eigenvalue weighted by Crippen LogP contribution is 2.23. The van der Waals surface area contributed by atoms with Crippen molar-refractivity contribution in [1.29, 1.82) is 0 Å². The van der Waals surface area contributed by atoms with Gasteiger partial charge >= 0.3 is 0 Å². The summed E-state index contributed by atoms with van der Waals surface area (Å²) in [6.45, 7) is 1.69. The predicted molar refractivity (Wildman–Crippen MR) is 75.4 cm³/mol. The lowest BCUT2D eigenvalue weighted by Crippen LogP contribution is -2.28. The lowest BCUT2D eigenvalue weighted by molar-refractivity contribution is 0.0789. The number of likely N-dealkylation sites (tertiary alicyclic amines) is 1. The van der Waals surface area contributed by atoms with Crippen molar-refractivity contribution in [3.63, 3.8) is 0 Å². The summed E-state index contributed by atoms with van der Waals surface area (Å²) >= 11 is 3.46. The van der Waals surface area contributed by atoms with Gasteiger partial charge in [-0.2, -0.15) is 5.10 Å². The largest absolute Gasteiger partial charge is 0.338 e. The van der Waals surface area contributed by atoms with Crippen molar-refractivity contribution < 1.29 is 4.79 Å². The molecule has 0 aliphatic carbocycles. The molecule has 0 radical (unpaired) electrons. The summed E-state index contributed by atoms with van der Waals surface area (Å²) in [5.41, 5.74) is 1.42. The van der Waals surface area contributed by atoms with Gasteiger partial charge in [0.2, 0.25) is 0 Å². The average Bonchev–Trinajstić information content (AvgIpc) is 3.05. The van der Waals surface area contributed by atoms with E-state index in [-0.39, 0.29) is 5.91 Å². The third-order valence-corrected chi connectivity index (χ3v) is 4.10. The summed E-state index contributed by atoms with van der Waals surface area (Å²) in [4.78, 5) is 18.5. The number of hydrogen-bond donors (Lipinski definition) is 0. The number of amides is 1. The van der Waals surface area contributed by atoms with Gasteiger partial charge in [0.25, 0.3) is 5.91 Å². The molecule has 0 spiro atoms. The van der Waals surface area contributed by atoms with Crippen molar-refractivity contribution in [3.05, 3.63) is 30.4 Å². The molecule has 1 fully saturated rings. The molecule has 0 bridgehead atoms. The van der Waals surface area contributed by atoms with Gasteiger partial charge < -0.3 is 4.90 Å². The van der Waals surface area contributed by atoms with E-state index in [2.05, 4.69) is 26.0 Å². The highest BCUT2D eigenvalue weighted by molar-refractivity contribution is 9.09. The van der Waals surface area contributed by atoms with Crippen LogP contribution in [0, 0.1) is 5.92 Å². The lowest BCUT2D eigenvalue weighted by Gasteiger charge is -2.15. The Morgan fingerprint density at radius 1 is 1.47 bits per heavy atom. The summed E-state index contributed by atoms with van der Waals surface area (Å²) < 4.78 is 1.69. The molecule has 2 aromatic rings. The Bertz CT molecular complexity index is 597. The van der Waals surface area contributed by atoms with Crippen molar-refractivity contribution in [2.24, 2.45) is 5.92 Å². The van der Waals surface area contributed by atoms with E-state index in [9.17, 15) is 4.79 Å². The van der Waals surface area contributed by atoms with Crippen LogP contribution in [0.2, 0.25) is 0 Å². The van der Waals surface area contributed by atoms with E-state index < -0.39 is 0 Å². The van der Waals surface area contributed by atoms with Crippen LogP contribution < -0.4 is 0 Å². The Hall–Kier alpha value is -1.43. The summed E-state index contributed by atoms with van der Waals surface area (Å²) in [5, 5.41) is 5.19. The van der Waals surface area contributed by atoms with Crippen LogP contribution >= 0.6 is 15.9 Å². The van der Waals surface area contributed by atoms with Gasteiger partial charge in [-0.05, 0) is 18.8 Å². The first-order valence-corrected chi connectivity index (χ1v) is 7.54. The van der Waals surface area contributed by atoms with Crippen molar-refractivity contribution in [2.75, 3.05) is 18.4 Å². The molecule has 100 valence electrons. The number of halogens is 1. The topological polar surface area (TPSA) is 50.5 Å². The second kappa shape index (κ2) is 5.28. The first-order valence-electron chi connectivity index (χ1n) is 6.42. The maximum Gasteiger partial charge on any atom is 0.257 e. The highest BCUT2D eigenvalue weighted by atomic mass is 79.9. The minimum Gasteiger partial charge on any atom is -0.338 e. The van der Waals surface area contributed by atoms with Crippen LogP contribution in [0.1, 0.15) is 23.2 Å². The zero-order chi connectivity index (χ0) is 13.2. The Morgan fingerprint density at radius 3 is 3.21 bits per heavy atom. The Labute approximate surface area is 119 Å². The van der Waals surface area contributed by atoms with Crippen LogP contribution in [-0.2, 0) is 0 Å². The first kappa shape index (κ1) is 12.6. The van der Waals surface area contributed by atoms with E-state index in [0.717, 1.165) is 36.8 Å².